The molecule has 0 radical (unpaired) electrons. The van der Waals surface area contributed by atoms with Crippen LogP contribution in [-0.2, 0) is 25.4 Å². The lowest BCUT2D eigenvalue weighted by atomic mass is 9.94. The first kappa shape index (κ1) is 28.6. The van der Waals surface area contributed by atoms with Gasteiger partial charge >= 0.3 is 12.1 Å². The van der Waals surface area contributed by atoms with E-state index in [0.29, 0.717) is 35.6 Å². The summed E-state index contributed by atoms with van der Waals surface area (Å²) in [6.07, 6.45) is 0.168. The van der Waals surface area contributed by atoms with Crippen LogP contribution in [0.15, 0.2) is 42.5 Å². The second-order valence-corrected chi connectivity index (χ2v) is 9.65. The standard InChI is InChI=1S/C27H35ClFNO5/c1-6-33-17-20(25(31)34-7-2)15-22(30-26(32)35-27(3,4)5)14-18-8-10-19(11-9-18)23-16-21(28)12-13-24(23)29/h8-13,16,20,22H,6-7,14-15,17H2,1-5H3,(H,30,32). The van der Waals surface area contributed by atoms with Crippen LogP contribution in [0.5, 0.6) is 0 Å². The highest BCUT2D eigenvalue weighted by atomic mass is 35.5. The second-order valence-electron chi connectivity index (χ2n) is 9.21. The number of ether oxygens (including phenoxy) is 3. The number of nitrogens with one attached hydrogen (secondary N) is 1. The third-order valence-electron chi connectivity index (χ3n) is 5.11. The summed E-state index contributed by atoms with van der Waals surface area (Å²) in [5.74, 6) is -1.28. The maximum atomic E-state index is 14.3. The Balaban J connectivity index is 2.23. The van der Waals surface area contributed by atoms with Gasteiger partial charge in [-0.2, -0.15) is 0 Å². The van der Waals surface area contributed by atoms with Gasteiger partial charge in [0.05, 0.1) is 19.1 Å². The number of alkyl carbamates (subject to hydrolysis) is 1. The van der Waals surface area contributed by atoms with Crippen LogP contribution in [-0.4, -0.2) is 43.5 Å². The minimum atomic E-state index is -0.664. The van der Waals surface area contributed by atoms with Gasteiger partial charge < -0.3 is 19.5 Å². The Morgan fingerprint density at radius 2 is 1.74 bits per heavy atom. The van der Waals surface area contributed by atoms with Crippen molar-refractivity contribution in [2.45, 2.75) is 59.1 Å². The monoisotopic (exact) mass is 507 g/mol. The lowest BCUT2D eigenvalue weighted by molar-refractivity contribution is -0.150. The van der Waals surface area contributed by atoms with E-state index < -0.39 is 23.7 Å². The van der Waals surface area contributed by atoms with Crippen molar-refractivity contribution in [2.24, 2.45) is 5.92 Å². The molecule has 2 aromatic rings. The third-order valence-corrected chi connectivity index (χ3v) is 5.34. The fourth-order valence-corrected chi connectivity index (χ4v) is 3.76. The molecule has 8 heteroatoms. The summed E-state index contributed by atoms with van der Waals surface area (Å²) in [4.78, 5) is 25.0. The van der Waals surface area contributed by atoms with Crippen molar-refractivity contribution in [3.63, 3.8) is 0 Å². The first-order chi connectivity index (χ1) is 16.5. The fourth-order valence-electron chi connectivity index (χ4n) is 3.59. The van der Waals surface area contributed by atoms with E-state index in [9.17, 15) is 14.0 Å². The Morgan fingerprint density at radius 3 is 2.34 bits per heavy atom. The lowest BCUT2D eigenvalue weighted by Gasteiger charge is -2.26. The van der Waals surface area contributed by atoms with Crippen LogP contribution < -0.4 is 5.32 Å². The average Bonchev–Trinajstić information content (AvgIpc) is 2.77. The number of hydrogen-bond donors (Lipinski definition) is 1. The van der Waals surface area contributed by atoms with Crippen LogP contribution >= 0.6 is 11.6 Å². The van der Waals surface area contributed by atoms with Crippen LogP contribution in [0.2, 0.25) is 5.02 Å². The van der Waals surface area contributed by atoms with Crippen molar-refractivity contribution < 1.29 is 28.2 Å². The topological polar surface area (TPSA) is 73.9 Å². The number of rotatable bonds is 11. The maximum absolute atomic E-state index is 14.3. The molecule has 2 rings (SSSR count). The van der Waals surface area contributed by atoms with Crippen LogP contribution in [0.1, 0.15) is 46.6 Å². The first-order valence-corrected chi connectivity index (χ1v) is 12.2. The Hall–Kier alpha value is -2.64. The van der Waals surface area contributed by atoms with E-state index in [4.69, 9.17) is 25.8 Å². The van der Waals surface area contributed by atoms with Crippen molar-refractivity contribution in [2.75, 3.05) is 19.8 Å². The Kier molecular flexibility index (Phi) is 11.0. The molecule has 0 fully saturated rings. The zero-order chi connectivity index (χ0) is 26.0. The molecule has 0 spiro atoms. The van der Waals surface area contributed by atoms with Crippen molar-refractivity contribution in [1.82, 2.24) is 5.32 Å². The minimum absolute atomic E-state index is 0.189. The van der Waals surface area contributed by atoms with E-state index in [1.807, 2.05) is 19.1 Å². The summed E-state index contributed by atoms with van der Waals surface area (Å²) in [7, 11) is 0. The van der Waals surface area contributed by atoms with E-state index in [-0.39, 0.29) is 25.0 Å². The summed E-state index contributed by atoms with van der Waals surface area (Å²) >= 11 is 6.03. The first-order valence-electron chi connectivity index (χ1n) is 11.8. The van der Waals surface area contributed by atoms with Gasteiger partial charge in [0.2, 0.25) is 0 Å². The minimum Gasteiger partial charge on any atom is -0.466 e. The van der Waals surface area contributed by atoms with Gasteiger partial charge in [0.1, 0.15) is 11.4 Å². The highest BCUT2D eigenvalue weighted by molar-refractivity contribution is 6.30. The molecule has 0 saturated carbocycles. The van der Waals surface area contributed by atoms with Crippen molar-refractivity contribution >= 4 is 23.7 Å². The van der Waals surface area contributed by atoms with Crippen molar-refractivity contribution in [1.29, 1.82) is 0 Å². The van der Waals surface area contributed by atoms with Gasteiger partial charge in [-0.25, -0.2) is 9.18 Å². The fraction of sp³-hybridized carbons (Fsp3) is 0.481. The number of hydrogen-bond acceptors (Lipinski definition) is 5. The third kappa shape index (κ3) is 9.86. The molecule has 0 bridgehead atoms. The molecule has 0 saturated heterocycles. The maximum Gasteiger partial charge on any atom is 0.407 e. The molecular weight excluding hydrogens is 473 g/mol. The molecule has 0 heterocycles. The van der Waals surface area contributed by atoms with Crippen LogP contribution in [0.4, 0.5) is 9.18 Å². The van der Waals surface area contributed by atoms with E-state index in [1.54, 1.807) is 45.9 Å². The largest absolute Gasteiger partial charge is 0.466 e. The van der Waals surface area contributed by atoms with Crippen LogP contribution in [0.3, 0.4) is 0 Å². The smallest absolute Gasteiger partial charge is 0.407 e. The molecular formula is C27H35ClFNO5. The number of amides is 1. The van der Waals surface area contributed by atoms with Gasteiger partial charge in [-0.05, 0) is 76.8 Å². The number of esters is 1. The zero-order valence-corrected chi connectivity index (χ0v) is 21.8. The second kappa shape index (κ2) is 13.4. The van der Waals surface area contributed by atoms with Gasteiger partial charge in [0.25, 0.3) is 0 Å². The van der Waals surface area contributed by atoms with E-state index in [2.05, 4.69) is 5.32 Å². The molecule has 1 amide bonds. The van der Waals surface area contributed by atoms with Crippen molar-refractivity contribution in [3.05, 3.63) is 58.9 Å². The van der Waals surface area contributed by atoms with E-state index in [0.717, 1.165) is 5.56 Å². The Morgan fingerprint density at radius 1 is 1.06 bits per heavy atom. The molecule has 2 atom stereocenters. The van der Waals surface area contributed by atoms with Crippen LogP contribution in [0.25, 0.3) is 11.1 Å². The highest BCUT2D eigenvalue weighted by Gasteiger charge is 2.27. The molecule has 0 aromatic heterocycles. The van der Waals surface area contributed by atoms with E-state index >= 15 is 0 Å². The Labute approximate surface area is 212 Å². The number of carbonyl (C=O) groups is 2. The number of halogens is 2. The van der Waals surface area contributed by atoms with E-state index in [1.165, 1.54) is 12.1 Å². The lowest BCUT2D eigenvalue weighted by Crippen LogP contribution is -2.42. The summed E-state index contributed by atoms with van der Waals surface area (Å²) in [6.45, 7) is 9.85. The van der Waals surface area contributed by atoms with Gasteiger partial charge in [-0.1, -0.05) is 35.9 Å². The summed E-state index contributed by atoms with van der Waals surface area (Å²) in [5.41, 5.74) is 1.33. The quantitative estimate of drug-likeness (QED) is 0.367. The zero-order valence-electron chi connectivity index (χ0n) is 21.0. The van der Waals surface area contributed by atoms with Crippen molar-refractivity contribution in [3.8, 4) is 11.1 Å². The molecule has 192 valence electrons. The number of benzene rings is 2. The van der Waals surface area contributed by atoms with Crippen LogP contribution in [0, 0.1) is 11.7 Å². The van der Waals surface area contributed by atoms with Gasteiger partial charge in [-0.3, -0.25) is 4.79 Å². The molecule has 6 nitrogen and oxygen atoms in total. The number of carbonyl (C=O) groups excluding carboxylic acids is 2. The Bertz CT molecular complexity index is 975. The molecule has 2 unspecified atom stereocenters. The van der Waals surface area contributed by atoms with Gasteiger partial charge in [0, 0.05) is 23.2 Å². The van der Waals surface area contributed by atoms with Gasteiger partial charge in [-0.15, -0.1) is 0 Å². The molecule has 1 N–H and O–H groups in total. The summed E-state index contributed by atoms with van der Waals surface area (Å²) < 4.78 is 30.4. The molecule has 35 heavy (non-hydrogen) atoms. The summed E-state index contributed by atoms with van der Waals surface area (Å²) in [5, 5.41) is 3.34. The molecule has 2 aromatic carbocycles. The normalized spacial score (nSPS) is 13.1. The highest BCUT2D eigenvalue weighted by Crippen LogP contribution is 2.27. The average molecular weight is 508 g/mol. The molecule has 0 aliphatic carbocycles. The molecule has 0 aliphatic heterocycles. The van der Waals surface area contributed by atoms with Gasteiger partial charge in [0.15, 0.2) is 0 Å². The predicted octanol–water partition coefficient (Wildman–Crippen LogP) is 6.19. The summed E-state index contributed by atoms with van der Waals surface area (Å²) in [6, 6.07) is 11.3. The SMILES string of the molecule is CCOCC(CC(Cc1ccc(-c2cc(Cl)ccc2F)cc1)NC(=O)OC(C)(C)C)C(=O)OCC. The molecule has 0 aliphatic rings. The predicted molar refractivity (Wildman–Crippen MR) is 135 cm³/mol.